The fourth-order valence-electron chi connectivity index (χ4n) is 2.34. The second kappa shape index (κ2) is 12.3. The monoisotopic (exact) mass is 309 g/mol. The largest absolute Gasteiger partial charge is 0.508 e. The highest BCUT2D eigenvalue weighted by atomic mass is 16.5. The molecule has 1 aromatic carbocycles. The number of aromatic hydroxyl groups is 1. The summed E-state index contributed by atoms with van der Waals surface area (Å²) in [5.41, 5.74) is 1.17. The van der Waals surface area contributed by atoms with Gasteiger partial charge in [0.05, 0.1) is 0 Å². The van der Waals surface area contributed by atoms with E-state index in [0.29, 0.717) is 5.75 Å². The molecule has 0 saturated heterocycles. The molecule has 0 aliphatic heterocycles. The van der Waals surface area contributed by atoms with Crippen LogP contribution in [0.5, 0.6) is 5.75 Å². The first kappa shape index (κ1) is 18.8. The molecule has 1 N–H and O–H groups in total. The number of hydrogen-bond acceptors (Lipinski definition) is 4. The lowest BCUT2D eigenvalue weighted by Gasteiger charge is -2.25. The van der Waals surface area contributed by atoms with Crippen LogP contribution >= 0.6 is 0 Å². The second-order valence-electron chi connectivity index (χ2n) is 5.31. The molecule has 0 aliphatic rings. The highest BCUT2D eigenvalue weighted by molar-refractivity contribution is 5.48. The predicted molar refractivity (Wildman–Crippen MR) is 91.8 cm³/mol. The molecule has 0 aliphatic carbocycles. The molecule has 126 valence electrons. The number of phenolic OH excluding ortho intramolecular Hbond substituents is 1. The van der Waals surface area contributed by atoms with E-state index in [1.54, 1.807) is 12.1 Å². The third kappa shape index (κ3) is 8.25. The van der Waals surface area contributed by atoms with Crippen molar-refractivity contribution in [3.05, 3.63) is 24.3 Å². The van der Waals surface area contributed by atoms with Crippen LogP contribution in [-0.2, 0) is 9.47 Å². The van der Waals surface area contributed by atoms with Crippen molar-refractivity contribution in [3.8, 4) is 5.75 Å². The van der Waals surface area contributed by atoms with Crippen LogP contribution in [0, 0.1) is 0 Å². The number of unbranched alkanes of at least 4 members (excludes halogenated alkanes) is 2. The summed E-state index contributed by atoms with van der Waals surface area (Å²) in [5.74, 6) is 0.316. The fraction of sp³-hybridized carbons (Fsp3) is 0.667. The Bertz CT molecular complexity index is 353. The van der Waals surface area contributed by atoms with Gasteiger partial charge in [0.2, 0.25) is 0 Å². The molecule has 22 heavy (non-hydrogen) atoms. The maximum atomic E-state index is 9.43. The highest BCUT2D eigenvalue weighted by Gasteiger charge is 2.06. The molecule has 4 heteroatoms. The van der Waals surface area contributed by atoms with E-state index >= 15 is 0 Å². The van der Waals surface area contributed by atoms with Crippen LogP contribution < -0.4 is 4.90 Å². The zero-order valence-electron chi connectivity index (χ0n) is 14.1. The maximum absolute atomic E-state index is 9.43. The van der Waals surface area contributed by atoms with Gasteiger partial charge in [-0.15, -0.1) is 0 Å². The van der Waals surface area contributed by atoms with Crippen molar-refractivity contribution in [3.63, 3.8) is 0 Å². The first-order chi connectivity index (χ1) is 10.8. The van der Waals surface area contributed by atoms with Crippen LogP contribution in [0.2, 0.25) is 0 Å². The SMILES string of the molecule is CCOCCCCN(CCCCOCC)c1ccc(O)cc1. The minimum Gasteiger partial charge on any atom is -0.508 e. The van der Waals surface area contributed by atoms with Crippen molar-refractivity contribution < 1.29 is 14.6 Å². The van der Waals surface area contributed by atoms with E-state index in [2.05, 4.69) is 4.90 Å². The molecule has 0 bridgehead atoms. The van der Waals surface area contributed by atoms with Crippen molar-refractivity contribution in [1.29, 1.82) is 0 Å². The van der Waals surface area contributed by atoms with Gasteiger partial charge in [0.25, 0.3) is 0 Å². The average Bonchev–Trinajstić information content (AvgIpc) is 2.53. The van der Waals surface area contributed by atoms with Crippen LogP contribution in [0.3, 0.4) is 0 Å². The molecule has 0 radical (unpaired) electrons. The van der Waals surface area contributed by atoms with Crippen molar-refractivity contribution in [2.24, 2.45) is 0 Å². The minimum absolute atomic E-state index is 0.316. The summed E-state index contributed by atoms with van der Waals surface area (Å²) in [7, 11) is 0. The maximum Gasteiger partial charge on any atom is 0.115 e. The lowest BCUT2D eigenvalue weighted by atomic mass is 10.2. The number of phenols is 1. The van der Waals surface area contributed by atoms with Gasteiger partial charge >= 0.3 is 0 Å². The molecule has 0 atom stereocenters. The Labute approximate surface area is 135 Å². The van der Waals surface area contributed by atoms with Crippen molar-refractivity contribution in [2.75, 3.05) is 44.4 Å². The van der Waals surface area contributed by atoms with Gasteiger partial charge in [-0.05, 0) is 63.8 Å². The molecule has 0 amide bonds. The summed E-state index contributed by atoms with van der Waals surface area (Å²) >= 11 is 0. The van der Waals surface area contributed by atoms with Crippen LogP contribution in [0.15, 0.2) is 24.3 Å². The molecule has 4 nitrogen and oxygen atoms in total. The number of ether oxygens (including phenoxy) is 2. The van der Waals surface area contributed by atoms with E-state index in [1.807, 2.05) is 26.0 Å². The van der Waals surface area contributed by atoms with Gasteiger partial charge in [0.1, 0.15) is 5.75 Å². The smallest absolute Gasteiger partial charge is 0.115 e. The van der Waals surface area contributed by atoms with Crippen LogP contribution in [0.25, 0.3) is 0 Å². The number of benzene rings is 1. The highest BCUT2D eigenvalue weighted by Crippen LogP contribution is 2.19. The summed E-state index contributed by atoms with van der Waals surface area (Å²) in [6.07, 6.45) is 4.40. The Balaban J connectivity index is 2.40. The molecule has 0 heterocycles. The van der Waals surface area contributed by atoms with Crippen molar-refractivity contribution >= 4 is 5.69 Å². The molecule has 0 saturated carbocycles. The van der Waals surface area contributed by atoms with Gasteiger partial charge in [0.15, 0.2) is 0 Å². The molecule has 0 unspecified atom stereocenters. The van der Waals surface area contributed by atoms with E-state index < -0.39 is 0 Å². The Kier molecular flexibility index (Phi) is 10.5. The summed E-state index contributed by atoms with van der Waals surface area (Å²) in [6.45, 7) is 9.36. The minimum atomic E-state index is 0.316. The Morgan fingerprint density at radius 1 is 0.818 bits per heavy atom. The van der Waals surface area contributed by atoms with Gasteiger partial charge in [-0.3, -0.25) is 0 Å². The quantitative estimate of drug-likeness (QED) is 0.562. The summed E-state index contributed by atoms with van der Waals surface area (Å²) < 4.78 is 10.8. The third-order valence-electron chi connectivity index (χ3n) is 3.56. The second-order valence-corrected chi connectivity index (χ2v) is 5.31. The van der Waals surface area contributed by atoms with Gasteiger partial charge in [-0.25, -0.2) is 0 Å². The Morgan fingerprint density at radius 3 is 1.77 bits per heavy atom. The first-order valence-corrected chi connectivity index (χ1v) is 8.47. The summed E-state index contributed by atoms with van der Waals surface area (Å²) in [5, 5.41) is 9.43. The van der Waals surface area contributed by atoms with E-state index in [9.17, 15) is 5.11 Å². The number of anilines is 1. The molecule has 1 rings (SSSR count). The fourth-order valence-corrected chi connectivity index (χ4v) is 2.34. The number of rotatable bonds is 13. The Morgan fingerprint density at radius 2 is 1.32 bits per heavy atom. The topological polar surface area (TPSA) is 41.9 Å². The van der Waals surface area contributed by atoms with E-state index in [1.165, 1.54) is 5.69 Å². The van der Waals surface area contributed by atoms with E-state index in [4.69, 9.17) is 9.47 Å². The average molecular weight is 309 g/mol. The van der Waals surface area contributed by atoms with E-state index in [-0.39, 0.29) is 0 Å². The zero-order valence-corrected chi connectivity index (χ0v) is 14.1. The lowest BCUT2D eigenvalue weighted by molar-refractivity contribution is 0.143. The van der Waals surface area contributed by atoms with Crippen LogP contribution in [0.4, 0.5) is 5.69 Å². The third-order valence-corrected chi connectivity index (χ3v) is 3.56. The first-order valence-electron chi connectivity index (χ1n) is 8.47. The van der Waals surface area contributed by atoms with Gasteiger partial charge in [0, 0.05) is 45.2 Å². The van der Waals surface area contributed by atoms with E-state index in [0.717, 1.165) is 65.2 Å². The molecule has 0 spiro atoms. The molecular formula is C18H31NO3. The summed E-state index contributed by atoms with van der Waals surface area (Å²) in [4.78, 5) is 2.39. The van der Waals surface area contributed by atoms with Crippen LogP contribution in [0.1, 0.15) is 39.5 Å². The molecular weight excluding hydrogens is 278 g/mol. The normalized spacial score (nSPS) is 10.8. The molecule has 0 fully saturated rings. The van der Waals surface area contributed by atoms with Gasteiger partial charge < -0.3 is 19.5 Å². The number of nitrogens with zero attached hydrogens (tertiary/aromatic N) is 1. The van der Waals surface area contributed by atoms with Crippen molar-refractivity contribution in [2.45, 2.75) is 39.5 Å². The van der Waals surface area contributed by atoms with Crippen LogP contribution in [-0.4, -0.2) is 44.6 Å². The molecule has 1 aromatic rings. The Hall–Kier alpha value is -1.26. The van der Waals surface area contributed by atoms with Gasteiger partial charge in [-0.1, -0.05) is 0 Å². The summed E-state index contributed by atoms with van der Waals surface area (Å²) in [6, 6.07) is 7.48. The lowest BCUT2D eigenvalue weighted by Crippen LogP contribution is -2.26. The van der Waals surface area contributed by atoms with Crippen molar-refractivity contribution in [1.82, 2.24) is 0 Å². The number of hydrogen-bond donors (Lipinski definition) is 1. The standard InChI is InChI=1S/C18H31NO3/c1-3-21-15-7-5-13-19(14-6-8-16-22-4-2)17-9-11-18(20)12-10-17/h9-12,20H,3-8,13-16H2,1-2H3. The predicted octanol–water partition coefficient (Wildman–Crippen LogP) is 3.83. The molecule has 0 aromatic heterocycles. The van der Waals surface area contributed by atoms with Gasteiger partial charge in [-0.2, -0.15) is 0 Å². The zero-order chi connectivity index (χ0) is 16.0.